The monoisotopic (exact) mass is 240 g/mol. The maximum absolute atomic E-state index is 13.8. The zero-order valence-corrected chi connectivity index (χ0v) is 9.36. The highest BCUT2D eigenvalue weighted by Crippen LogP contribution is 2.24. The van der Waals surface area contributed by atoms with Gasteiger partial charge in [0.25, 0.3) is 0 Å². The highest BCUT2D eigenvalue weighted by atomic mass is 19.1. The first-order valence-corrected chi connectivity index (χ1v) is 5.39. The van der Waals surface area contributed by atoms with Crippen molar-refractivity contribution in [3.8, 4) is 16.8 Å². The highest BCUT2D eigenvalue weighted by molar-refractivity contribution is 5.65. The second-order valence-corrected chi connectivity index (χ2v) is 3.77. The summed E-state index contributed by atoms with van der Waals surface area (Å²) in [6.45, 7) is 0. The summed E-state index contributed by atoms with van der Waals surface area (Å²) in [5, 5.41) is 7.44. The van der Waals surface area contributed by atoms with Gasteiger partial charge in [0, 0.05) is 29.2 Å². The molecule has 0 saturated heterocycles. The number of halogens is 1. The Labute approximate surface area is 103 Å². The van der Waals surface area contributed by atoms with Gasteiger partial charge in [0.05, 0.1) is 18.7 Å². The van der Waals surface area contributed by atoms with Gasteiger partial charge in [-0.25, -0.2) is 9.37 Å². The van der Waals surface area contributed by atoms with Crippen LogP contribution in [0.1, 0.15) is 0 Å². The molecule has 3 rings (SSSR count). The lowest BCUT2D eigenvalue weighted by atomic mass is 10.1. The molecule has 2 aromatic heterocycles. The molecule has 0 atom stereocenters. The molecule has 4 nitrogen and oxygen atoms in total. The number of benzene rings is 1. The largest absolute Gasteiger partial charge is 0.306 e. The molecule has 1 aromatic carbocycles. The van der Waals surface area contributed by atoms with Crippen LogP contribution in [-0.2, 0) is 0 Å². The minimum Gasteiger partial charge on any atom is -0.306 e. The molecule has 0 saturated carbocycles. The Morgan fingerprint density at radius 3 is 2.72 bits per heavy atom. The normalized spacial score (nSPS) is 10.5. The van der Waals surface area contributed by atoms with Crippen LogP contribution in [0.2, 0.25) is 0 Å². The van der Waals surface area contributed by atoms with Crippen LogP contribution in [0.5, 0.6) is 0 Å². The van der Waals surface area contributed by atoms with Crippen LogP contribution in [0.25, 0.3) is 16.8 Å². The number of hydrogen-bond donors (Lipinski definition) is 0. The fourth-order valence-electron chi connectivity index (χ4n) is 1.76. The van der Waals surface area contributed by atoms with Gasteiger partial charge < -0.3 is 4.57 Å². The van der Waals surface area contributed by atoms with Crippen molar-refractivity contribution in [2.24, 2.45) is 0 Å². The van der Waals surface area contributed by atoms with Gasteiger partial charge in [0.2, 0.25) is 0 Å². The van der Waals surface area contributed by atoms with Gasteiger partial charge in [-0.05, 0) is 24.3 Å². The minimum absolute atomic E-state index is 0.285. The highest BCUT2D eigenvalue weighted by Gasteiger charge is 2.07. The van der Waals surface area contributed by atoms with Gasteiger partial charge in [0.15, 0.2) is 0 Å². The number of rotatable bonds is 2. The smallest absolute Gasteiger partial charge is 0.131 e. The molecule has 0 N–H and O–H groups in total. The maximum Gasteiger partial charge on any atom is 0.131 e. The Kier molecular flexibility index (Phi) is 2.57. The van der Waals surface area contributed by atoms with Crippen LogP contribution < -0.4 is 0 Å². The van der Waals surface area contributed by atoms with E-state index in [0.29, 0.717) is 11.1 Å². The Morgan fingerprint density at radius 2 is 2.00 bits per heavy atom. The van der Waals surface area contributed by atoms with Gasteiger partial charge in [-0.1, -0.05) is 0 Å². The van der Waals surface area contributed by atoms with Gasteiger partial charge in [-0.2, -0.15) is 10.2 Å². The molecular formula is C13H9FN4. The molecule has 0 amide bonds. The van der Waals surface area contributed by atoms with E-state index >= 15 is 0 Å². The molecule has 0 aliphatic carbocycles. The minimum atomic E-state index is -0.285. The fraction of sp³-hybridized carbons (Fsp3) is 0. The topological polar surface area (TPSA) is 43.6 Å². The lowest BCUT2D eigenvalue weighted by Gasteiger charge is -2.07. The molecule has 88 valence electrons. The van der Waals surface area contributed by atoms with E-state index in [1.165, 1.54) is 12.3 Å². The standard InChI is InChI=1S/C13H9FN4/c14-13-2-1-11(18-6-5-15-9-18)7-12(13)10-3-4-16-17-8-10/h1-9H. The molecule has 0 radical (unpaired) electrons. The summed E-state index contributed by atoms with van der Waals surface area (Å²) in [6.07, 6.45) is 8.23. The molecular weight excluding hydrogens is 231 g/mol. The van der Waals surface area contributed by atoms with E-state index in [9.17, 15) is 4.39 Å². The molecule has 0 aliphatic heterocycles. The van der Waals surface area contributed by atoms with Gasteiger partial charge in [-0.15, -0.1) is 0 Å². The van der Waals surface area contributed by atoms with E-state index in [-0.39, 0.29) is 5.82 Å². The van der Waals surface area contributed by atoms with Crippen LogP contribution in [0, 0.1) is 5.82 Å². The number of aromatic nitrogens is 4. The van der Waals surface area contributed by atoms with E-state index in [4.69, 9.17) is 0 Å². The van der Waals surface area contributed by atoms with Crippen LogP contribution in [0.15, 0.2) is 55.4 Å². The zero-order chi connectivity index (χ0) is 12.4. The third-order valence-electron chi connectivity index (χ3n) is 2.65. The van der Waals surface area contributed by atoms with Gasteiger partial charge in [0.1, 0.15) is 5.82 Å². The van der Waals surface area contributed by atoms with E-state index in [1.54, 1.807) is 36.9 Å². The van der Waals surface area contributed by atoms with E-state index < -0.39 is 0 Å². The van der Waals surface area contributed by atoms with Gasteiger partial charge >= 0.3 is 0 Å². The number of nitrogens with zero attached hydrogens (tertiary/aromatic N) is 4. The molecule has 5 heteroatoms. The molecule has 3 aromatic rings. The molecule has 0 aliphatic rings. The molecule has 0 bridgehead atoms. The van der Waals surface area contributed by atoms with Crippen molar-refractivity contribution in [1.29, 1.82) is 0 Å². The summed E-state index contributed by atoms with van der Waals surface area (Å²) in [4.78, 5) is 3.97. The summed E-state index contributed by atoms with van der Waals surface area (Å²) in [7, 11) is 0. The third-order valence-corrected chi connectivity index (χ3v) is 2.65. The summed E-state index contributed by atoms with van der Waals surface area (Å²) >= 11 is 0. The summed E-state index contributed by atoms with van der Waals surface area (Å²) < 4.78 is 15.6. The predicted octanol–water partition coefficient (Wildman–Crippen LogP) is 2.47. The second-order valence-electron chi connectivity index (χ2n) is 3.77. The molecule has 18 heavy (non-hydrogen) atoms. The summed E-state index contributed by atoms with van der Waals surface area (Å²) in [5.74, 6) is -0.285. The van der Waals surface area contributed by atoms with Crippen molar-refractivity contribution >= 4 is 0 Å². The van der Waals surface area contributed by atoms with Crippen molar-refractivity contribution in [1.82, 2.24) is 19.7 Å². The van der Waals surface area contributed by atoms with Crippen molar-refractivity contribution in [3.05, 3.63) is 61.2 Å². The fourth-order valence-corrected chi connectivity index (χ4v) is 1.76. The van der Waals surface area contributed by atoms with Crippen molar-refractivity contribution in [2.75, 3.05) is 0 Å². The van der Waals surface area contributed by atoms with Gasteiger partial charge in [-0.3, -0.25) is 0 Å². The summed E-state index contributed by atoms with van der Waals surface area (Å²) in [6, 6.07) is 6.62. The average molecular weight is 240 g/mol. The maximum atomic E-state index is 13.8. The van der Waals surface area contributed by atoms with Crippen LogP contribution in [0.3, 0.4) is 0 Å². The predicted molar refractivity (Wildman–Crippen MR) is 64.5 cm³/mol. The molecule has 0 spiro atoms. The zero-order valence-electron chi connectivity index (χ0n) is 9.36. The first kappa shape index (κ1) is 10.6. The Hall–Kier alpha value is -2.56. The second kappa shape index (κ2) is 4.37. The molecule has 0 fully saturated rings. The molecule has 0 unspecified atom stereocenters. The van der Waals surface area contributed by atoms with Crippen LogP contribution >= 0.6 is 0 Å². The van der Waals surface area contributed by atoms with E-state index in [0.717, 1.165) is 5.69 Å². The van der Waals surface area contributed by atoms with Crippen molar-refractivity contribution < 1.29 is 4.39 Å². The molecule has 2 heterocycles. The van der Waals surface area contributed by atoms with Crippen LogP contribution in [0.4, 0.5) is 4.39 Å². The number of imidazole rings is 1. The van der Waals surface area contributed by atoms with Crippen LogP contribution in [-0.4, -0.2) is 19.7 Å². The lowest BCUT2D eigenvalue weighted by molar-refractivity contribution is 0.630. The number of hydrogen-bond acceptors (Lipinski definition) is 3. The summed E-state index contributed by atoms with van der Waals surface area (Å²) in [5.41, 5.74) is 2.04. The average Bonchev–Trinajstić information content (AvgIpc) is 2.94. The SMILES string of the molecule is Fc1ccc(-n2ccnc2)cc1-c1ccnnc1. The third kappa shape index (κ3) is 1.86. The Balaban J connectivity index is 2.13. The van der Waals surface area contributed by atoms with E-state index in [1.807, 2.05) is 10.8 Å². The lowest BCUT2D eigenvalue weighted by Crippen LogP contribution is -1.93. The first-order valence-electron chi connectivity index (χ1n) is 5.39. The quantitative estimate of drug-likeness (QED) is 0.691. The Bertz CT molecular complexity index is 650. The van der Waals surface area contributed by atoms with E-state index in [2.05, 4.69) is 15.2 Å². The van der Waals surface area contributed by atoms with Crippen molar-refractivity contribution in [2.45, 2.75) is 0 Å². The van der Waals surface area contributed by atoms with Crippen molar-refractivity contribution in [3.63, 3.8) is 0 Å². The first-order chi connectivity index (χ1) is 8.84. The Morgan fingerprint density at radius 1 is 1.06 bits per heavy atom.